The summed E-state index contributed by atoms with van der Waals surface area (Å²) in [5.41, 5.74) is 1.07. The molecule has 1 aliphatic heterocycles. The molecule has 0 spiro atoms. The zero-order valence-corrected chi connectivity index (χ0v) is 48.0. The maximum Gasteiger partial charge on any atom is 0.328 e. The fraction of sp³-hybridized carbons (Fsp3) is 0.767. The Labute approximate surface area is 470 Å². The van der Waals surface area contributed by atoms with Crippen molar-refractivity contribution in [3.05, 3.63) is 29.8 Å². The van der Waals surface area contributed by atoms with E-state index in [9.17, 15) is 58.8 Å². The number of carboxylic acid groups (broad SMARTS) is 3. The molecule has 450 valence electrons. The molecule has 3 amide bonds. The number of hydrogen-bond donors (Lipinski definition) is 7. The number of benzene rings is 1. The third-order valence-electron chi connectivity index (χ3n) is 14.2. The van der Waals surface area contributed by atoms with Crippen LogP contribution in [0.15, 0.2) is 24.3 Å². The second kappa shape index (κ2) is 43.6. The van der Waals surface area contributed by atoms with Gasteiger partial charge in [-0.2, -0.15) is 0 Å². The van der Waals surface area contributed by atoms with Crippen LogP contribution in [0.5, 0.6) is 0 Å². The van der Waals surface area contributed by atoms with E-state index in [2.05, 4.69) is 36.7 Å². The first-order valence-corrected chi connectivity index (χ1v) is 30.0. The van der Waals surface area contributed by atoms with E-state index in [0.717, 1.165) is 96.3 Å². The van der Waals surface area contributed by atoms with Crippen LogP contribution in [0.2, 0.25) is 0 Å². The Kier molecular flexibility index (Phi) is 38.6. The Morgan fingerprint density at radius 2 is 1.01 bits per heavy atom. The van der Waals surface area contributed by atoms with Crippen LogP contribution < -0.4 is 16.0 Å². The van der Waals surface area contributed by atoms with Crippen molar-refractivity contribution >= 4 is 53.3 Å². The average molecular weight is 1120 g/mol. The lowest BCUT2D eigenvalue weighted by Gasteiger charge is -2.44. The van der Waals surface area contributed by atoms with E-state index in [1.807, 2.05) is 0 Å². The highest BCUT2D eigenvalue weighted by Gasteiger charge is 2.50. The summed E-state index contributed by atoms with van der Waals surface area (Å²) in [7, 11) is 0. The second-order valence-corrected chi connectivity index (χ2v) is 21.4. The molecule has 1 fully saturated rings. The van der Waals surface area contributed by atoms with Gasteiger partial charge in [0.15, 0.2) is 12.4 Å². The molecule has 79 heavy (non-hydrogen) atoms. The molecular weight excluding hydrogens is 1020 g/mol. The summed E-state index contributed by atoms with van der Waals surface area (Å²) >= 11 is 0. The molecule has 1 unspecified atom stereocenters. The van der Waals surface area contributed by atoms with Gasteiger partial charge in [-0.25, -0.2) is 4.79 Å². The second-order valence-electron chi connectivity index (χ2n) is 21.4. The van der Waals surface area contributed by atoms with Gasteiger partial charge < -0.3 is 55.3 Å². The zero-order chi connectivity index (χ0) is 58.0. The van der Waals surface area contributed by atoms with Crippen LogP contribution in [-0.4, -0.2) is 117 Å². The summed E-state index contributed by atoms with van der Waals surface area (Å²) < 4.78 is 23.6. The van der Waals surface area contributed by atoms with Gasteiger partial charge in [0, 0.05) is 31.4 Å². The standard InChI is InChI=1S/C60H99N3O16/c1-4-7-10-13-15-17-19-21-23-26-29-32-50(65)63-56-58(79-55(73)33-30-27-24-22-20-18-16-14-11-8-5-2)57(74)48(78-60(56)77-46(41-53(69)70)42-54(71)72)43-76-59(75)47(38-39-52(67)68)62-51(66)40-44-34-36-45(37-35-44)61-49(64)31-28-25-12-9-6-3/h34-37,46-48,56-58,60,74H,4-33,38-43H2,1-3H3,(H,61,64)(H,62,66)(H,63,65)(H,67,68)(H,69,70)(H,71,72)/t47?,48-,56-,57-,58-,60+/m1/s1. The molecule has 7 N–H and O–H groups in total. The Bertz CT molecular complexity index is 1880. The van der Waals surface area contributed by atoms with Crippen molar-refractivity contribution in [3.63, 3.8) is 0 Å². The summed E-state index contributed by atoms with van der Waals surface area (Å²) in [5.74, 6) is -7.19. The van der Waals surface area contributed by atoms with Crippen LogP contribution in [0.3, 0.4) is 0 Å². The Morgan fingerprint density at radius 1 is 0.557 bits per heavy atom. The number of esters is 2. The fourth-order valence-electron chi connectivity index (χ4n) is 9.59. The topological polar surface area (TPSA) is 290 Å². The summed E-state index contributed by atoms with van der Waals surface area (Å²) in [6.07, 6.45) is 17.3. The third kappa shape index (κ3) is 33.9. The van der Waals surface area contributed by atoms with Crippen LogP contribution >= 0.6 is 0 Å². The Balaban J connectivity index is 2.29. The third-order valence-corrected chi connectivity index (χ3v) is 14.2. The summed E-state index contributed by atoms with van der Waals surface area (Å²) in [6.45, 7) is 5.70. The minimum Gasteiger partial charge on any atom is -0.481 e. The number of carbonyl (C=O) groups excluding carboxylic acids is 5. The number of aliphatic hydroxyl groups is 1. The number of carboxylic acids is 3. The number of aliphatic carboxylic acids is 3. The maximum absolute atomic E-state index is 13.8. The highest BCUT2D eigenvalue weighted by molar-refractivity contribution is 5.91. The van der Waals surface area contributed by atoms with E-state index in [4.69, 9.17) is 18.9 Å². The number of anilines is 1. The summed E-state index contributed by atoms with van der Waals surface area (Å²) in [6, 6.07) is 3.57. The molecular formula is C60H99N3O16. The minimum absolute atomic E-state index is 0.0384. The van der Waals surface area contributed by atoms with E-state index >= 15 is 0 Å². The molecule has 1 saturated heterocycles. The molecule has 1 heterocycles. The van der Waals surface area contributed by atoms with Crippen molar-refractivity contribution in [1.82, 2.24) is 10.6 Å². The van der Waals surface area contributed by atoms with Crippen LogP contribution in [0.4, 0.5) is 5.69 Å². The predicted octanol–water partition coefficient (Wildman–Crippen LogP) is 10.6. The number of aliphatic hydroxyl groups excluding tert-OH is 1. The first kappa shape index (κ1) is 70.0. The van der Waals surface area contributed by atoms with Gasteiger partial charge in [0.25, 0.3) is 0 Å². The van der Waals surface area contributed by atoms with Crippen molar-refractivity contribution < 1.29 is 77.7 Å². The number of unbranched alkanes of at least 4 members (excludes halogenated alkanes) is 24. The first-order chi connectivity index (χ1) is 38.1. The first-order valence-electron chi connectivity index (χ1n) is 30.0. The van der Waals surface area contributed by atoms with Crippen LogP contribution in [-0.2, 0) is 63.7 Å². The largest absolute Gasteiger partial charge is 0.481 e. The lowest BCUT2D eigenvalue weighted by Crippen LogP contribution is -2.66. The van der Waals surface area contributed by atoms with Crippen molar-refractivity contribution in [2.24, 2.45) is 0 Å². The van der Waals surface area contributed by atoms with Gasteiger partial charge in [-0.1, -0.05) is 187 Å². The van der Waals surface area contributed by atoms with Gasteiger partial charge in [-0.05, 0) is 43.4 Å². The molecule has 19 nitrogen and oxygen atoms in total. The smallest absolute Gasteiger partial charge is 0.328 e. The maximum atomic E-state index is 13.8. The molecule has 0 bridgehead atoms. The van der Waals surface area contributed by atoms with Crippen molar-refractivity contribution in [3.8, 4) is 0 Å². The van der Waals surface area contributed by atoms with E-state index in [-0.39, 0.29) is 31.6 Å². The van der Waals surface area contributed by atoms with E-state index in [0.29, 0.717) is 30.5 Å². The quantitative estimate of drug-likeness (QED) is 0.0236. The molecule has 1 aromatic rings. The molecule has 1 aliphatic rings. The number of amides is 3. The average Bonchev–Trinajstić information content (AvgIpc) is 3.41. The normalized spacial score (nSPS) is 17.4. The van der Waals surface area contributed by atoms with E-state index in [1.165, 1.54) is 64.2 Å². The number of ether oxygens (including phenoxy) is 4. The van der Waals surface area contributed by atoms with Crippen molar-refractivity contribution in [1.29, 1.82) is 0 Å². The van der Waals surface area contributed by atoms with Crippen molar-refractivity contribution in [2.45, 2.75) is 288 Å². The van der Waals surface area contributed by atoms with Crippen LogP contribution in [0.25, 0.3) is 0 Å². The molecule has 1 aromatic carbocycles. The molecule has 0 aromatic heterocycles. The minimum atomic E-state index is -1.82. The highest BCUT2D eigenvalue weighted by atomic mass is 16.7. The highest BCUT2D eigenvalue weighted by Crippen LogP contribution is 2.29. The Hall–Kier alpha value is -5.14. The monoisotopic (exact) mass is 1120 g/mol. The van der Waals surface area contributed by atoms with Gasteiger partial charge in [0.2, 0.25) is 17.7 Å². The molecule has 0 aliphatic carbocycles. The van der Waals surface area contributed by atoms with Crippen molar-refractivity contribution in [2.75, 3.05) is 11.9 Å². The van der Waals surface area contributed by atoms with E-state index in [1.54, 1.807) is 24.3 Å². The molecule has 0 radical (unpaired) electrons. The van der Waals surface area contributed by atoms with Gasteiger partial charge in [-0.15, -0.1) is 0 Å². The van der Waals surface area contributed by atoms with Gasteiger partial charge in [0.05, 0.1) is 25.4 Å². The Morgan fingerprint density at radius 3 is 1.48 bits per heavy atom. The lowest BCUT2D eigenvalue weighted by molar-refractivity contribution is -0.286. The SMILES string of the molecule is CCCCCCCCCCCCCC(=O)N[C@H]1[C@@H](OC(CC(=O)O)CC(=O)O)O[C@H](COC(=O)C(CCC(=O)O)NC(=O)Cc2ccc(NC(=O)CCCCCCC)cc2)[C@@H](O)[C@@H]1OC(=O)CCCCCCCCCCCCC. The fourth-order valence-corrected chi connectivity index (χ4v) is 9.59. The summed E-state index contributed by atoms with van der Waals surface area (Å²) in [5, 5.41) is 49.0. The zero-order valence-electron chi connectivity index (χ0n) is 48.0. The van der Waals surface area contributed by atoms with Crippen LogP contribution in [0, 0.1) is 0 Å². The number of hydrogen-bond acceptors (Lipinski definition) is 13. The van der Waals surface area contributed by atoms with Gasteiger partial charge in [-0.3, -0.25) is 33.6 Å². The molecule has 2 rings (SSSR count). The molecule has 0 saturated carbocycles. The van der Waals surface area contributed by atoms with Gasteiger partial charge in [0.1, 0.15) is 30.9 Å². The number of rotatable bonds is 48. The summed E-state index contributed by atoms with van der Waals surface area (Å²) in [4.78, 5) is 102. The lowest BCUT2D eigenvalue weighted by atomic mass is 9.95. The van der Waals surface area contributed by atoms with Crippen LogP contribution in [0.1, 0.15) is 245 Å². The number of carbonyl (C=O) groups is 8. The predicted molar refractivity (Wildman–Crippen MR) is 300 cm³/mol. The molecule has 19 heteroatoms. The van der Waals surface area contributed by atoms with Gasteiger partial charge >= 0.3 is 29.8 Å². The van der Waals surface area contributed by atoms with E-state index < -0.39 is 110 Å². The number of nitrogens with one attached hydrogen (secondary N) is 3. The molecule has 6 atom stereocenters.